The van der Waals surface area contributed by atoms with Crippen LogP contribution in [0.1, 0.15) is 36.0 Å². The van der Waals surface area contributed by atoms with Crippen molar-refractivity contribution >= 4 is 17.3 Å². The third kappa shape index (κ3) is 4.03. The monoisotopic (exact) mass is 310 g/mol. The summed E-state index contributed by atoms with van der Waals surface area (Å²) in [7, 11) is 1.61. The fourth-order valence-electron chi connectivity index (χ4n) is 2.90. The summed E-state index contributed by atoms with van der Waals surface area (Å²) in [5, 5.41) is 6.45. The molecule has 2 aromatic carbocycles. The molecule has 0 heterocycles. The standard InChI is InChI=1S/C19H22N2O2/c1-23-18-12-6-14(7-13-18)19(22)21-17-10-8-16(9-11-17)20-15-4-2-3-5-15/h6-13,15,20H,2-5H2,1H3,(H,21,22). The molecule has 1 saturated carbocycles. The number of nitrogens with one attached hydrogen (secondary N) is 2. The summed E-state index contributed by atoms with van der Waals surface area (Å²) >= 11 is 0. The predicted molar refractivity (Wildman–Crippen MR) is 93.3 cm³/mol. The molecule has 0 saturated heterocycles. The van der Waals surface area contributed by atoms with Gasteiger partial charge in [0.2, 0.25) is 0 Å². The highest BCUT2D eigenvalue weighted by Gasteiger charge is 2.14. The quantitative estimate of drug-likeness (QED) is 0.865. The topological polar surface area (TPSA) is 50.4 Å². The van der Waals surface area contributed by atoms with E-state index in [1.54, 1.807) is 31.4 Å². The highest BCUT2D eigenvalue weighted by molar-refractivity contribution is 6.04. The van der Waals surface area contributed by atoms with Crippen LogP contribution in [-0.4, -0.2) is 19.1 Å². The highest BCUT2D eigenvalue weighted by atomic mass is 16.5. The Morgan fingerprint density at radius 1 is 0.957 bits per heavy atom. The Morgan fingerprint density at radius 2 is 1.57 bits per heavy atom. The van der Waals surface area contributed by atoms with Crippen LogP contribution in [0.2, 0.25) is 0 Å². The lowest BCUT2D eigenvalue weighted by molar-refractivity contribution is 0.102. The fourth-order valence-corrected chi connectivity index (χ4v) is 2.90. The zero-order valence-corrected chi connectivity index (χ0v) is 13.3. The number of hydrogen-bond acceptors (Lipinski definition) is 3. The largest absolute Gasteiger partial charge is 0.497 e. The van der Waals surface area contributed by atoms with Gasteiger partial charge >= 0.3 is 0 Å². The maximum atomic E-state index is 12.2. The Morgan fingerprint density at radius 3 is 2.17 bits per heavy atom. The van der Waals surface area contributed by atoms with Gasteiger partial charge in [0.15, 0.2) is 0 Å². The van der Waals surface area contributed by atoms with Crippen molar-refractivity contribution in [1.82, 2.24) is 0 Å². The van der Waals surface area contributed by atoms with Crippen molar-refractivity contribution in [3.8, 4) is 5.75 Å². The van der Waals surface area contributed by atoms with E-state index >= 15 is 0 Å². The minimum Gasteiger partial charge on any atom is -0.497 e. The molecule has 3 rings (SSSR count). The van der Waals surface area contributed by atoms with Crippen LogP contribution in [0, 0.1) is 0 Å². The van der Waals surface area contributed by atoms with Gasteiger partial charge in [-0.25, -0.2) is 0 Å². The summed E-state index contributed by atoms with van der Waals surface area (Å²) in [5.41, 5.74) is 2.51. The molecule has 1 amide bonds. The summed E-state index contributed by atoms with van der Waals surface area (Å²) < 4.78 is 5.10. The van der Waals surface area contributed by atoms with Crippen molar-refractivity contribution in [3.05, 3.63) is 54.1 Å². The van der Waals surface area contributed by atoms with Crippen molar-refractivity contribution in [2.24, 2.45) is 0 Å². The van der Waals surface area contributed by atoms with E-state index in [1.807, 2.05) is 24.3 Å². The molecule has 0 aromatic heterocycles. The van der Waals surface area contributed by atoms with Gasteiger partial charge in [0, 0.05) is 23.0 Å². The molecule has 4 nitrogen and oxygen atoms in total. The molecular weight excluding hydrogens is 288 g/mol. The van der Waals surface area contributed by atoms with E-state index in [0.29, 0.717) is 11.6 Å². The van der Waals surface area contributed by atoms with Crippen LogP contribution in [0.3, 0.4) is 0 Å². The fraction of sp³-hybridized carbons (Fsp3) is 0.316. The zero-order chi connectivity index (χ0) is 16.1. The van der Waals surface area contributed by atoms with E-state index in [4.69, 9.17) is 4.74 Å². The third-order valence-corrected chi connectivity index (χ3v) is 4.22. The average molecular weight is 310 g/mol. The maximum Gasteiger partial charge on any atom is 0.255 e. The molecule has 0 aliphatic heterocycles. The van der Waals surface area contributed by atoms with Crippen molar-refractivity contribution < 1.29 is 9.53 Å². The molecule has 0 spiro atoms. The lowest BCUT2D eigenvalue weighted by Crippen LogP contribution is -2.14. The van der Waals surface area contributed by atoms with Gasteiger partial charge in [0.25, 0.3) is 5.91 Å². The van der Waals surface area contributed by atoms with Gasteiger partial charge in [-0.2, -0.15) is 0 Å². The van der Waals surface area contributed by atoms with E-state index in [1.165, 1.54) is 25.7 Å². The van der Waals surface area contributed by atoms with E-state index in [-0.39, 0.29) is 5.91 Å². The highest BCUT2D eigenvalue weighted by Crippen LogP contribution is 2.23. The Labute approximate surface area is 136 Å². The van der Waals surface area contributed by atoms with Crippen LogP contribution in [-0.2, 0) is 0 Å². The Kier molecular flexibility index (Phi) is 4.81. The first-order valence-electron chi connectivity index (χ1n) is 8.06. The molecule has 23 heavy (non-hydrogen) atoms. The number of anilines is 2. The van der Waals surface area contributed by atoms with Crippen molar-refractivity contribution in [1.29, 1.82) is 0 Å². The second-order valence-corrected chi connectivity index (χ2v) is 5.89. The molecule has 2 N–H and O–H groups in total. The van der Waals surface area contributed by atoms with Crippen LogP contribution in [0.15, 0.2) is 48.5 Å². The Hall–Kier alpha value is -2.49. The normalized spacial score (nSPS) is 14.5. The first kappa shape index (κ1) is 15.4. The van der Waals surface area contributed by atoms with Crippen LogP contribution in [0.4, 0.5) is 11.4 Å². The molecule has 4 heteroatoms. The van der Waals surface area contributed by atoms with Gasteiger partial charge in [-0.15, -0.1) is 0 Å². The number of rotatable bonds is 5. The van der Waals surface area contributed by atoms with Gasteiger partial charge in [-0.1, -0.05) is 12.8 Å². The second-order valence-electron chi connectivity index (χ2n) is 5.89. The maximum absolute atomic E-state index is 12.2. The molecule has 1 fully saturated rings. The van der Waals surface area contributed by atoms with Gasteiger partial charge in [0.05, 0.1) is 7.11 Å². The number of ether oxygens (including phenoxy) is 1. The average Bonchev–Trinajstić information content (AvgIpc) is 3.10. The number of amides is 1. The zero-order valence-electron chi connectivity index (χ0n) is 13.3. The van der Waals surface area contributed by atoms with E-state index in [0.717, 1.165) is 17.1 Å². The van der Waals surface area contributed by atoms with Gasteiger partial charge in [-0.05, 0) is 61.4 Å². The second kappa shape index (κ2) is 7.18. The number of benzene rings is 2. The molecule has 1 aliphatic carbocycles. The van der Waals surface area contributed by atoms with Gasteiger partial charge < -0.3 is 15.4 Å². The number of carbonyl (C=O) groups excluding carboxylic acids is 1. The Bertz CT molecular complexity index is 644. The number of hydrogen-bond donors (Lipinski definition) is 2. The summed E-state index contributed by atoms with van der Waals surface area (Å²) in [6.45, 7) is 0. The van der Waals surface area contributed by atoms with Crippen LogP contribution in [0.25, 0.3) is 0 Å². The first-order chi connectivity index (χ1) is 11.2. The molecule has 1 aliphatic rings. The predicted octanol–water partition coefficient (Wildman–Crippen LogP) is 4.30. The molecule has 2 aromatic rings. The summed E-state index contributed by atoms with van der Waals surface area (Å²) in [5.74, 6) is 0.619. The molecular formula is C19H22N2O2. The SMILES string of the molecule is COc1ccc(C(=O)Nc2ccc(NC3CCCC3)cc2)cc1. The van der Waals surface area contributed by atoms with E-state index < -0.39 is 0 Å². The first-order valence-corrected chi connectivity index (χ1v) is 8.06. The van der Waals surface area contributed by atoms with Crippen molar-refractivity contribution in [3.63, 3.8) is 0 Å². The van der Waals surface area contributed by atoms with Gasteiger partial charge in [-0.3, -0.25) is 4.79 Å². The van der Waals surface area contributed by atoms with Crippen molar-refractivity contribution in [2.75, 3.05) is 17.7 Å². The minimum absolute atomic E-state index is 0.121. The summed E-state index contributed by atoms with van der Waals surface area (Å²) in [6, 6.07) is 15.6. The third-order valence-electron chi connectivity index (χ3n) is 4.22. The van der Waals surface area contributed by atoms with Crippen molar-refractivity contribution in [2.45, 2.75) is 31.7 Å². The van der Waals surface area contributed by atoms with E-state index in [9.17, 15) is 4.79 Å². The summed E-state index contributed by atoms with van der Waals surface area (Å²) in [6.07, 6.45) is 5.12. The van der Waals surface area contributed by atoms with Crippen LogP contribution < -0.4 is 15.4 Å². The minimum atomic E-state index is -0.121. The number of methoxy groups -OCH3 is 1. The molecule has 120 valence electrons. The lowest BCUT2D eigenvalue weighted by atomic mass is 10.2. The molecule has 0 unspecified atom stereocenters. The summed E-state index contributed by atoms with van der Waals surface area (Å²) in [4.78, 5) is 12.2. The number of carbonyl (C=O) groups is 1. The smallest absolute Gasteiger partial charge is 0.255 e. The molecule has 0 atom stereocenters. The van der Waals surface area contributed by atoms with Gasteiger partial charge in [0.1, 0.15) is 5.75 Å². The van der Waals surface area contributed by atoms with E-state index in [2.05, 4.69) is 10.6 Å². The Balaban J connectivity index is 1.59. The molecule has 0 radical (unpaired) electrons. The lowest BCUT2D eigenvalue weighted by Gasteiger charge is -2.14. The molecule has 0 bridgehead atoms. The van der Waals surface area contributed by atoms with Crippen LogP contribution in [0.5, 0.6) is 5.75 Å². The van der Waals surface area contributed by atoms with Crippen LogP contribution >= 0.6 is 0 Å².